The van der Waals surface area contributed by atoms with Crippen molar-refractivity contribution in [3.63, 3.8) is 0 Å². The minimum Gasteiger partial charge on any atom is -0.497 e. The van der Waals surface area contributed by atoms with Gasteiger partial charge in [0.25, 0.3) is 0 Å². The van der Waals surface area contributed by atoms with Crippen LogP contribution in [0.25, 0.3) is 0 Å². The molecule has 6 fully saturated rings. The van der Waals surface area contributed by atoms with Crippen LogP contribution in [0.3, 0.4) is 0 Å². The van der Waals surface area contributed by atoms with Gasteiger partial charge < -0.3 is 33.5 Å². The van der Waals surface area contributed by atoms with E-state index in [2.05, 4.69) is 11.8 Å². The average Bonchev–Trinajstić information content (AvgIpc) is 3.44. The lowest BCUT2D eigenvalue weighted by atomic mass is 9.43. The van der Waals surface area contributed by atoms with Crippen molar-refractivity contribution in [3.8, 4) is 5.75 Å². The molecule has 9 heteroatoms. The fraction of sp³-hybridized carbons (Fsp3) is 0.788. The molecular weight excluding hydrogens is 538 g/mol. The third-order valence-electron chi connectivity index (χ3n) is 12.9. The van der Waals surface area contributed by atoms with E-state index in [1.165, 1.54) is 0 Å². The zero-order valence-corrected chi connectivity index (χ0v) is 25.8. The van der Waals surface area contributed by atoms with Gasteiger partial charge in [-0.15, -0.1) is 0 Å². The van der Waals surface area contributed by atoms with Crippen LogP contribution >= 0.6 is 0 Å². The molecule has 1 aliphatic heterocycles. The van der Waals surface area contributed by atoms with Crippen LogP contribution in [-0.4, -0.2) is 107 Å². The van der Waals surface area contributed by atoms with Gasteiger partial charge in [0.2, 0.25) is 0 Å². The molecule has 13 atom stereocenters. The van der Waals surface area contributed by atoms with Crippen LogP contribution < -0.4 is 4.74 Å². The van der Waals surface area contributed by atoms with Crippen LogP contribution in [0.4, 0.5) is 0 Å². The Morgan fingerprint density at radius 2 is 1.79 bits per heavy atom. The summed E-state index contributed by atoms with van der Waals surface area (Å²) in [6.07, 6.45) is 2.45. The summed E-state index contributed by atoms with van der Waals surface area (Å²) in [7, 11) is 8.80. The number of nitrogens with zero attached hydrogens (tertiary/aromatic N) is 1. The molecule has 7 bridgehead atoms. The highest BCUT2D eigenvalue weighted by Crippen LogP contribution is 2.79. The number of rotatable bonds is 9. The van der Waals surface area contributed by atoms with E-state index in [9.17, 15) is 9.90 Å². The van der Waals surface area contributed by atoms with Crippen LogP contribution in [-0.2, 0) is 23.7 Å². The summed E-state index contributed by atoms with van der Waals surface area (Å²) in [5, 5.41) is 13.2. The van der Waals surface area contributed by atoms with Crippen LogP contribution in [0.2, 0.25) is 0 Å². The quantitative estimate of drug-likeness (QED) is 0.439. The number of carbonyl (C=O) groups excluding carboxylic acids is 1. The van der Waals surface area contributed by atoms with E-state index in [4.69, 9.17) is 28.4 Å². The van der Waals surface area contributed by atoms with Crippen LogP contribution in [0.1, 0.15) is 43.0 Å². The maximum atomic E-state index is 13.7. The largest absolute Gasteiger partial charge is 0.497 e. The SMILES string of the molecule is CCN1C[C@]2(COC)CC[C@H](OC)[C@@]34[C@@H]5C[C@H]6[C@H](OC(=O)c7ccc(OC)cc7)[C@@H]5[C@](O)(C[C@H]6OC)[C@@H]([C@H](OC)[C@H]23)[C@@H]14. The number of likely N-dealkylation sites (tertiary alicyclic amines) is 1. The highest BCUT2D eigenvalue weighted by molar-refractivity contribution is 5.89. The molecule has 6 aliphatic rings. The normalized spacial score (nSPS) is 48.3. The summed E-state index contributed by atoms with van der Waals surface area (Å²) < 4.78 is 36.9. The molecule has 5 saturated carbocycles. The lowest BCUT2D eigenvalue weighted by Gasteiger charge is -2.69. The monoisotopic (exact) mass is 585 g/mol. The van der Waals surface area contributed by atoms with Gasteiger partial charge in [0.1, 0.15) is 11.9 Å². The maximum absolute atomic E-state index is 13.7. The predicted molar refractivity (Wildman–Crippen MR) is 153 cm³/mol. The first-order valence-corrected chi connectivity index (χ1v) is 15.7. The molecule has 1 heterocycles. The molecular formula is C33H47NO8. The fourth-order valence-corrected chi connectivity index (χ4v) is 12.0. The van der Waals surface area contributed by atoms with E-state index in [0.717, 1.165) is 32.4 Å². The number of ether oxygens (including phenoxy) is 6. The van der Waals surface area contributed by atoms with Crippen molar-refractivity contribution < 1.29 is 38.3 Å². The summed E-state index contributed by atoms with van der Waals surface area (Å²) in [4.78, 5) is 16.3. The highest BCUT2D eigenvalue weighted by Gasteiger charge is 2.86. The second-order valence-corrected chi connectivity index (χ2v) is 13.9. The molecule has 1 saturated heterocycles. The summed E-state index contributed by atoms with van der Waals surface area (Å²) in [6.45, 7) is 4.70. The highest BCUT2D eigenvalue weighted by atomic mass is 16.6. The fourth-order valence-electron chi connectivity index (χ4n) is 12.0. The molecule has 5 aliphatic carbocycles. The first-order valence-electron chi connectivity index (χ1n) is 15.7. The van der Waals surface area contributed by atoms with Gasteiger partial charge in [0.05, 0.1) is 43.2 Å². The van der Waals surface area contributed by atoms with E-state index in [0.29, 0.717) is 24.3 Å². The molecule has 7 rings (SSSR count). The lowest BCUT2D eigenvalue weighted by Crippen LogP contribution is -2.76. The molecule has 1 aromatic carbocycles. The Balaban J connectivity index is 1.38. The number of carbonyl (C=O) groups is 1. The number of hydrogen-bond donors (Lipinski definition) is 1. The molecule has 1 spiro atoms. The molecule has 9 nitrogen and oxygen atoms in total. The molecule has 0 amide bonds. The molecule has 1 aromatic rings. The van der Waals surface area contributed by atoms with E-state index < -0.39 is 11.7 Å². The Morgan fingerprint density at radius 3 is 2.40 bits per heavy atom. The smallest absolute Gasteiger partial charge is 0.338 e. The molecule has 232 valence electrons. The van der Waals surface area contributed by atoms with Gasteiger partial charge in [0.15, 0.2) is 0 Å². The summed E-state index contributed by atoms with van der Waals surface area (Å²) in [6, 6.07) is 7.13. The van der Waals surface area contributed by atoms with Crippen molar-refractivity contribution in [1.29, 1.82) is 0 Å². The number of aliphatic hydroxyl groups is 1. The predicted octanol–water partition coefficient (Wildman–Crippen LogP) is 3.03. The zero-order valence-electron chi connectivity index (χ0n) is 25.8. The summed E-state index contributed by atoms with van der Waals surface area (Å²) in [5.74, 6) is 0.168. The Kier molecular flexibility index (Phi) is 7.00. The molecule has 1 N–H and O–H groups in total. The van der Waals surface area contributed by atoms with Gasteiger partial charge in [-0.3, -0.25) is 4.90 Å². The van der Waals surface area contributed by atoms with Crippen molar-refractivity contribution in [2.75, 3.05) is 55.2 Å². The van der Waals surface area contributed by atoms with Crippen LogP contribution in [0, 0.1) is 40.4 Å². The average molecular weight is 586 g/mol. The number of hydrogen-bond acceptors (Lipinski definition) is 9. The van der Waals surface area contributed by atoms with E-state index in [-0.39, 0.29) is 70.7 Å². The third-order valence-corrected chi connectivity index (χ3v) is 12.9. The van der Waals surface area contributed by atoms with Gasteiger partial charge in [-0.05, 0) is 56.0 Å². The summed E-state index contributed by atoms with van der Waals surface area (Å²) in [5.41, 5.74) is -1.01. The first-order chi connectivity index (χ1) is 20.3. The first kappa shape index (κ1) is 29.0. The van der Waals surface area contributed by atoms with E-state index in [1.807, 2.05) is 14.2 Å². The lowest BCUT2D eigenvalue weighted by molar-refractivity contribution is -0.276. The van der Waals surface area contributed by atoms with Crippen molar-refractivity contribution >= 4 is 5.97 Å². The number of benzene rings is 1. The second kappa shape index (κ2) is 10.1. The Morgan fingerprint density at radius 1 is 1.02 bits per heavy atom. The standard InChI is InChI=1S/C33H47NO8/c1-7-34-16-31(17-37-2)13-12-23(40-5)33-21-14-20-22(39-4)15-32(36,25(29(33)34)27(41-6)28(31)33)24(21)26(20)42-30(35)18-8-10-19(38-3)11-9-18/h8-11,20-29,36H,7,12-17H2,1-6H3/t20-,21-,22-,23+,24-,25+,26+,27+,28-,29-,31+,32-,33+/m1/s1. The number of fused-ring (bicyclic) bond motifs is 2. The third kappa shape index (κ3) is 3.44. The van der Waals surface area contributed by atoms with E-state index >= 15 is 0 Å². The van der Waals surface area contributed by atoms with Crippen molar-refractivity contribution in [3.05, 3.63) is 29.8 Å². The van der Waals surface area contributed by atoms with Gasteiger partial charge in [-0.25, -0.2) is 4.79 Å². The van der Waals surface area contributed by atoms with Gasteiger partial charge in [-0.1, -0.05) is 6.92 Å². The number of piperidine rings is 1. The van der Waals surface area contributed by atoms with Crippen LogP contribution in [0.15, 0.2) is 24.3 Å². The molecule has 0 radical (unpaired) electrons. The van der Waals surface area contributed by atoms with Gasteiger partial charge >= 0.3 is 5.97 Å². The van der Waals surface area contributed by atoms with Crippen molar-refractivity contribution in [2.45, 2.75) is 68.7 Å². The Bertz CT molecular complexity index is 1190. The zero-order chi connectivity index (χ0) is 29.6. The molecule has 42 heavy (non-hydrogen) atoms. The topological polar surface area (TPSA) is 95.9 Å². The summed E-state index contributed by atoms with van der Waals surface area (Å²) >= 11 is 0. The van der Waals surface area contributed by atoms with Crippen molar-refractivity contribution in [1.82, 2.24) is 4.90 Å². The number of esters is 1. The van der Waals surface area contributed by atoms with Crippen molar-refractivity contribution in [2.24, 2.45) is 40.4 Å². The molecule has 0 unspecified atom stereocenters. The Hall–Kier alpha value is -1.75. The number of methoxy groups -OCH3 is 5. The maximum Gasteiger partial charge on any atom is 0.338 e. The van der Waals surface area contributed by atoms with E-state index in [1.54, 1.807) is 45.6 Å². The Labute approximate surface area is 249 Å². The van der Waals surface area contributed by atoms with Gasteiger partial charge in [-0.2, -0.15) is 0 Å². The minimum atomic E-state index is -1.12. The minimum absolute atomic E-state index is 0.00532. The molecule has 0 aromatic heterocycles. The second-order valence-electron chi connectivity index (χ2n) is 13.9. The van der Waals surface area contributed by atoms with Crippen LogP contribution in [0.5, 0.6) is 5.75 Å². The van der Waals surface area contributed by atoms with Gasteiger partial charge in [0, 0.05) is 81.9 Å².